The molecule has 0 radical (unpaired) electrons. The van der Waals surface area contributed by atoms with E-state index in [1.54, 1.807) is 12.3 Å². The third-order valence-corrected chi connectivity index (χ3v) is 2.85. The molecule has 0 unspecified atom stereocenters. The highest BCUT2D eigenvalue weighted by Gasteiger charge is 2.10. The summed E-state index contributed by atoms with van der Waals surface area (Å²) in [6.07, 6.45) is 1.78. The topological polar surface area (TPSA) is 67.9 Å². The van der Waals surface area contributed by atoms with Crippen molar-refractivity contribution in [1.82, 2.24) is 15.0 Å². The van der Waals surface area contributed by atoms with Crippen LogP contribution in [0, 0.1) is 0 Å². The van der Waals surface area contributed by atoms with Gasteiger partial charge in [0.1, 0.15) is 10.4 Å². The fourth-order valence-corrected chi connectivity index (χ4v) is 1.97. The van der Waals surface area contributed by atoms with Crippen LogP contribution in [0.25, 0.3) is 0 Å². The average molecular weight is 308 g/mol. The van der Waals surface area contributed by atoms with Gasteiger partial charge < -0.3 is 10.6 Å². The fourth-order valence-electron chi connectivity index (χ4n) is 1.58. The van der Waals surface area contributed by atoms with Gasteiger partial charge in [-0.3, -0.25) is 4.98 Å². The first kappa shape index (κ1) is 12.8. The smallest absolute Gasteiger partial charge is 0.228 e. The summed E-state index contributed by atoms with van der Waals surface area (Å²) in [5, 5.41) is 0. The summed E-state index contributed by atoms with van der Waals surface area (Å²) in [5.41, 5.74) is 6.70. The summed E-state index contributed by atoms with van der Waals surface area (Å²) in [4.78, 5) is 14.9. The number of anilines is 2. The number of hydrogen-bond acceptors (Lipinski definition) is 5. The number of nitrogen functional groups attached to an aromatic ring is 1. The van der Waals surface area contributed by atoms with Gasteiger partial charge in [-0.05, 0) is 35.0 Å². The molecule has 0 bridgehead atoms. The number of nitrogens with two attached hydrogens (primary N) is 1. The molecule has 0 amide bonds. The Morgan fingerprint density at radius 3 is 2.78 bits per heavy atom. The van der Waals surface area contributed by atoms with E-state index < -0.39 is 0 Å². The molecule has 0 aliphatic carbocycles. The number of nitrogens with zero attached hydrogens (tertiary/aromatic N) is 4. The summed E-state index contributed by atoms with van der Waals surface area (Å²) in [7, 11) is 0. The van der Waals surface area contributed by atoms with Gasteiger partial charge in [0.15, 0.2) is 0 Å². The van der Waals surface area contributed by atoms with Crippen molar-refractivity contribution >= 4 is 27.7 Å². The van der Waals surface area contributed by atoms with Gasteiger partial charge in [0.05, 0.1) is 12.2 Å². The Labute approximate surface area is 114 Å². The normalized spacial score (nSPS) is 10.3. The van der Waals surface area contributed by atoms with Gasteiger partial charge >= 0.3 is 0 Å². The number of hydrogen-bond donors (Lipinski definition) is 1. The van der Waals surface area contributed by atoms with Crippen LogP contribution in [0.2, 0.25) is 0 Å². The van der Waals surface area contributed by atoms with Crippen LogP contribution in [-0.4, -0.2) is 21.5 Å². The molecule has 5 nitrogen and oxygen atoms in total. The van der Waals surface area contributed by atoms with E-state index in [1.165, 1.54) is 0 Å². The van der Waals surface area contributed by atoms with E-state index in [0.29, 0.717) is 22.9 Å². The monoisotopic (exact) mass is 307 g/mol. The molecule has 0 saturated heterocycles. The van der Waals surface area contributed by atoms with Crippen molar-refractivity contribution in [2.24, 2.45) is 0 Å². The van der Waals surface area contributed by atoms with E-state index >= 15 is 0 Å². The predicted molar refractivity (Wildman–Crippen MR) is 75.1 cm³/mol. The minimum absolute atomic E-state index is 0.450. The van der Waals surface area contributed by atoms with Gasteiger partial charge in [0, 0.05) is 18.8 Å². The Balaban J connectivity index is 2.23. The lowest BCUT2D eigenvalue weighted by Gasteiger charge is -2.20. The number of rotatable bonds is 4. The quantitative estimate of drug-likeness (QED) is 0.877. The molecule has 0 spiro atoms. The average Bonchev–Trinajstić information content (AvgIpc) is 2.36. The Bertz CT molecular complexity index is 497. The predicted octanol–water partition coefficient (Wildman–Crippen LogP) is 2.24. The third-order valence-electron chi connectivity index (χ3n) is 2.45. The van der Waals surface area contributed by atoms with E-state index in [4.69, 9.17) is 5.73 Å². The van der Waals surface area contributed by atoms with Crippen molar-refractivity contribution in [3.05, 3.63) is 40.8 Å². The van der Waals surface area contributed by atoms with E-state index in [0.717, 1.165) is 12.2 Å². The van der Waals surface area contributed by atoms with Crippen molar-refractivity contribution in [1.29, 1.82) is 0 Å². The second-order valence-corrected chi connectivity index (χ2v) is 4.56. The molecule has 18 heavy (non-hydrogen) atoms. The second-order valence-electron chi connectivity index (χ2n) is 3.75. The maximum atomic E-state index is 5.72. The Morgan fingerprint density at radius 1 is 1.33 bits per heavy atom. The maximum absolute atomic E-state index is 5.72. The third kappa shape index (κ3) is 3.16. The van der Waals surface area contributed by atoms with Gasteiger partial charge in [0.2, 0.25) is 5.95 Å². The first-order valence-corrected chi connectivity index (χ1v) is 6.43. The van der Waals surface area contributed by atoms with Crippen LogP contribution in [0.1, 0.15) is 12.6 Å². The van der Waals surface area contributed by atoms with Crippen molar-refractivity contribution in [2.75, 3.05) is 17.2 Å². The van der Waals surface area contributed by atoms with Crippen LogP contribution >= 0.6 is 15.9 Å². The summed E-state index contributed by atoms with van der Waals surface area (Å²) in [6.45, 7) is 3.49. The molecule has 0 aliphatic rings. The first-order valence-electron chi connectivity index (χ1n) is 5.64. The van der Waals surface area contributed by atoms with Crippen LogP contribution in [0.5, 0.6) is 0 Å². The number of pyridine rings is 1. The molecule has 0 atom stereocenters. The molecule has 2 heterocycles. The lowest BCUT2D eigenvalue weighted by atomic mass is 10.3. The zero-order chi connectivity index (χ0) is 13.0. The summed E-state index contributed by atoms with van der Waals surface area (Å²) in [5.74, 6) is 1.06. The standard InChI is InChI=1S/C12H14BrN5/c1-2-18(8-9-5-3-4-6-15-9)12-16-10(13)7-11(14)17-12/h3-7H,2,8H2,1H3,(H2,14,16,17). The van der Waals surface area contributed by atoms with E-state index in [-0.39, 0.29) is 0 Å². The van der Waals surface area contributed by atoms with Crippen molar-refractivity contribution in [3.63, 3.8) is 0 Å². The molecule has 2 rings (SSSR count). The molecular formula is C12H14BrN5. The minimum Gasteiger partial charge on any atom is -0.383 e. The van der Waals surface area contributed by atoms with Gasteiger partial charge in [0.25, 0.3) is 0 Å². The number of aromatic nitrogens is 3. The van der Waals surface area contributed by atoms with Crippen LogP contribution in [0.15, 0.2) is 35.1 Å². The summed E-state index contributed by atoms with van der Waals surface area (Å²) >= 11 is 3.32. The van der Waals surface area contributed by atoms with Crippen molar-refractivity contribution in [3.8, 4) is 0 Å². The summed E-state index contributed by atoms with van der Waals surface area (Å²) < 4.78 is 0.685. The highest BCUT2D eigenvalue weighted by molar-refractivity contribution is 9.10. The van der Waals surface area contributed by atoms with Crippen LogP contribution in [0.3, 0.4) is 0 Å². The molecule has 2 N–H and O–H groups in total. The van der Waals surface area contributed by atoms with Gasteiger partial charge in [-0.15, -0.1) is 0 Å². The van der Waals surface area contributed by atoms with Crippen molar-refractivity contribution < 1.29 is 0 Å². The molecule has 2 aromatic heterocycles. The SMILES string of the molecule is CCN(Cc1ccccn1)c1nc(N)cc(Br)n1. The fraction of sp³-hybridized carbons (Fsp3) is 0.250. The van der Waals surface area contributed by atoms with Gasteiger partial charge in [-0.25, -0.2) is 4.98 Å². The van der Waals surface area contributed by atoms with E-state index in [2.05, 4.69) is 30.9 Å². The molecule has 6 heteroatoms. The summed E-state index contributed by atoms with van der Waals surface area (Å²) in [6, 6.07) is 7.52. The van der Waals surface area contributed by atoms with E-state index in [9.17, 15) is 0 Å². The number of halogens is 1. The lowest BCUT2D eigenvalue weighted by molar-refractivity contribution is 0.773. The zero-order valence-corrected chi connectivity index (χ0v) is 11.6. The molecule has 0 aromatic carbocycles. The maximum Gasteiger partial charge on any atom is 0.228 e. The highest BCUT2D eigenvalue weighted by Crippen LogP contribution is 2.17. The second kappa shape index (κ2) is 5.77. The zero-order valence-electron chi connectivity index (χ0n) is 10.0. The molecule has 0 fully saturated rings. The molecule has 2 aromatic rings. The Hall–Kier alpha value is -1.69. The lowest BCUT2D eigenvalue weighted by Crippen LogP contribution is -2.25. The molecule has 0 aliphatic heterocycles. The minimum atomic E-state index is 0.450. The highest BCUT2D eigenvalue weighted by atomic mass is 79.9. The Morgan fingerprint density at radius 2 is 2.17 bits per heavy atom. The van der Waals surface area contributed by atoms with Gasteiger partial charge in [-0.1, -0.05) is 6.07 Å². The van der Waals surface area contributed by atoms with E-state index in [1.807, 2.05) is 30.0 Å². The van der Waals surface area contributed by atoms with Crippen LogP contribution < -0.4 is 10.6 Å². The largest absolute Gasteiger partial charge is 0.383 e. The Kier molecular flexibility index (Phi) is 4.09. The first-order chi connectivity index (χ1) is 8.69. The molecule has 0 saturated carbocycles. The van der Waals surface area contributed by atoms with Crippen LogP contribution in [0.4, 0.5) is 11.8 Å². The molecular weight excluding hydrogens is 294 g/mol. The molecule has 94 valence electrons. The van der Waals surface area contributed by atoms with Gasteiger partial charge in [-0.2, -0.15) is 4.98 Å². The van der Waals surface area contributed by atoms with Crippen LogP contribution in [-0.2, 0) is 6.54 Å². The van der Waals surface area contributed by atoms with Crippen molar-refractivity contribution in [2.45, 2.75) is 13.5 Å².